The van der Waals surface area contributed by atoms with Crippen LogP contribution in [0.3, 0.4) is 0 Å². The van der Waals surface area contributed by atoms with Crippen LogP contribution in [-0.2, 0) is 13.5 Å². The van der Waals surface area contributed by atoms with E-state index in [-0.39, 0.29) is 0 Å². The molecule has 21 heavy (non-hydrogen) atoms. The Labute approximate surface area is 122 Å². The summed E-state index contributed by atoms with van der Waals surface area (Å²) in [4.78, 5) is 0. The van der Waals surface area contributed by atoms with Gasteiger partial charge >= 0.3 is 0 Å². The zero-order chi connectivity index (χ0) is 14.0. The maximum atomic E-state index is 6.02. The number of fused-ring (bicyclic) bond motifs is 7. The van der Waals surface area contributed by atoms with Gasteiger partial charge in [0.15, 0.2) is 0 Å². The molecular formula is C19H15NO. The zero-order valence-electron chi connectivity index (χ0n) is 11.9. The molecule has 0 fully saturated rings. The van der Waals surface area contributed by atoms with E-state index in [1.807, 2.05) is 12.1 Å². The van der Waals surface area contributed by atoms with Crippen LogP contribution in [0.4, 0.5) is 0 Å². The Bertz CT molecular complexity index is 1050. The largest absolute Gasteiger partial charge is 0.456 e. The van der Waals surface area contributed by atoms with Crippen molar-refractivity contribution in [2.75, 3.05) is 0 Å². The summed E-state index contributed by atoms with van der Waals surface area (Å²) < 4.78 is 8.34. The molecule has 2 heterocycles. The molecule has 2 nitrogen and oxygen atoms in total. The van der Waals surface area contributed by atoms with E-state index in [2.05, 4.69) is 48.0 Å². The van der Waals surface area contributed by atoms with Crippen molar-refractivity contribution in [1.29, 1.82) is 0 Å². The van der Waals surface area contributed by atoms with Crippen LogP contribution in [0, 0.1) is 0 Å². The van der Waals surface area contributed by atoms with Crippen LogP contribution in [0.15, 0.2) is 46.9 Å². The normalized spacial score (nSPS) is 14.3. The summed E-state index contributed by atoms with van der Waals surface area (Å²) >= 11 is 0. The molecule has 2 heteroatoms. The van der Waals surface area contributed by atoms with Crippen LogP contribution in [-0.4, -0.2) is 4.57 Å². The zero-order valence-corrected chi connectivity index (χ0v) is 11.9. The summed E-state index contributed by atoms with van der Waals surface area (Å²) in [6.07, 6.45) is 6.79. The van der Waals surface area contributed by atoms with Gasteiger partial charge in [0, 0.05) is 23.5 Å². The van der Waals surface area contributed by atoms with Gasteiger partial charge in [-0.2, -0.15) is 0 Å². The number of rotatable bonds is 0. The van der Waals surface area contributed by atoms with Gasteiger partial charge in [-0.05, 0) is 42.7 Å². The fraction of sp³-hybridized carbons (Fsp3) is 0.158. The maximum absolute atomic E-state index is 6.02. The lowest BCUT2D eigenvalue weighted by Gasteiger charge is -2.06. The topological polar surface area (TPSA) is 18.1 Å². The van der Waals surface area contributed by atoms with E-state index in [4.69, 9.17) is 4.42 Å². The molecule has 0 atom stereocenters. The van der Waals surface area contributed by atoms with Crippen LogP contribution in [0.2, 0.25) is 0 Å². The lowest BCUT2D eigenvalue weighted by molar-refractivity contribution is 0.669. The molecule has 0 aliphatic heterocycles. The van der Waals surface area contributed by atoms with E-state index >= 15 is 0 Å². The Morgan fingerprint density at radius 1 is 1.00 bits per heavy atom. The Hall–Kier alpha value is -2.48. The van der Waals surface area contributed by atoms with Crippen LogP contribution >= 0.6 is 0 Å². The van der Waals surface area contributed by atoms with Crippen LogP contribution in [0.1, 0.15) is 17.7 Å². The highest BCUT2D eigenvalue weighted by Crippen LogP contribution is 2.39. The smallest absolute Gasteiger partial charge is 0.137 e. The Morgan fingerprint density at radius 3 is 2.86 bits per heavy atom. The highest BCUT2D eigenvalue weighted by molar-refractivity contribution is 6.18. The van der Waals surface area contributed by atoms with Gasteiger partial charge in [-0.3, -0.25) is 0 Å². The summed E-state index contributed by atoms with van der Waals surface area (Å²) in [5.41, 5.74) is 6.06. The predicted octanol–water partition coefficient (Wildman–Crippen LogP) is 5.04. The summed E-state index contributed by atoms with van der Waals surface area (Å²) in [6, 6.07) is 12.7. The van der Waals surface area contributed by atoms with Gasteiger partial charge in [-0.15, -0.1) is 0 Å². The standard InChI is InChI=1S/C19H15NO/c1-20-15-8-4-2-6-12(15)13-10-11-17-18(19(13)20)14-7-3-5-9-16(14)21-17/h3-5,7-11H,2,6H2,1H3. The number of hydrogen-bond donors (Lipinski definition) is 0. The Balaban J connectivity index is 2.09. The van der Waals surface area contributed by atoms with E-state index in [0.29, 0.717) is 0 Å². The molecule has 0 unspecified atom stereocenters. The first kappa shape index (κ1) is 11.2. The number of allylic oxidation sites excluding steroid dienone is 1. The van der Waals surface area contributed by atoms with E-state index in [1.165, 1.54) is 32.9 Å². The Kier molecular flexibility index (Phi) is 2.02. The lowest BCUT2D eigenvalue weighted by Crippen LogP contribution is -1.96. The Morgan fingerprint density at radius 2 is 1.90 bits per heavy atom. The minimum atomic E-state index is 0.967. The molecule has 1 aliphatic carbocycles. The molecule has 0 radical (unpaired) electrons. The van der Waals surface area contributed by atoms with Crippen molar-refractivity contribution >= 4 is 38.9 Å². The van der Waals surface area contributed by atoms with Crippen molar-refractivity contribution in [3.8, 4) is 0 Å². The van der Waals surface area contributed by atoms with Gasteiger partial charge < -0.3 is 8.98 Å². The maximum Gasteiger partial charge on any atom is 0.137 e. The SMILES string of the molecule is Cn1c2c(c3ccc4oc5ccccc5c4c31)CCC=C2. The van der Waals surface area contributed by atoms with Crippen molar-refractivity contribution < 1.29 is 4.42 Å². The predicted molar refractivity (Wildman–Crippen MR) is 87.6 cm³/mol. The molecule has 1 aliphatic rings. The molecule has 0 saturated carbocycles. The molecule has 4 aromatic rings. The van der Waals surface area contributed by atoms with Crippen molar-refractivity contribution in [1.82, 2.24) is 4.57 Å². The number of aryl methyl sites for hydroxylation is 2. The average Bonchev–Trinajstić information content (AvgIpc) is 3.04. The summed E-state index contributed by atoms with van der Waals surface area (Å²) in [5, 5.41) is 3.82. The quantitative estimate of drug-likeness (QED) is 0.439. The summed E-state index contributed by atoms with van der Waals surface area (Å²) in [5.74, 6) is 0. The van der Waals surface area contributed by atoms with E-state index in [0.717, 1.165) is 24.0 Å². The first-order chi connectivity index (χ1) is 10.3. The van der Waals surface area contributed by atoms with Gasteiger partial charge in [-0.1, -0.05) is 24.3 Å². The number of furan rings is 1. The van der Waals surface area contributed by atoms with Gasteiger partial charge in [0.25, 0.3) is 0 Å². The average molecular weight is 273 g/mol. The molecule has 102 valence electrons. The van der Waals surface area contributed by atoms with Crippen LogP contribution in [0.5, 0.6) is 0 Å². The number of aromatic nitrogens is 1. The number of benzene rings is 2. The third kappa shape index (κ3) is 1.32. The molecule has 0 bridgehead atoms. The second kappa shape index (κ2) is 3.79. The summed E-state index contributed by atoms with van der Waals surface area (Å²) in [7, 11) is 2.16. The lowest BCUT2D eigenvalue weighted by atomic mass is 10.00. The molecule has 2 aromatic heterocycles. The molecule has 0 spiro atoms. The van der Waals surface area contributed by atoms with Crippen molar-refractivity contribution in [3.05, 3.63) is 53.7 Å². The highest BCUT2D eigenvalue weighted by Gasteiger charge is 2.19. The minimum Gasteiger partial charge on any atom is -0.456 e. The second-order valence-corrected chi connectivity index (χ2v) is 5.80. The van der Waals surface area contributed by atoms with Gasteiger partial charge in [-0.25, -0.2) is 0 Å². The number of hydrogen-bond acceptors (Lipinski definition) is 1. The third-order valence-electron chi connectivity index (χ3n) is 4.68. The molecular weight excluding hydrogens is 258 g/mol. The van der Waals surface area contributed by atoms with Crippen LogP contribution < -0.4 is 0 Å². The number of para-hydroxylation sites is 1. The van der Waals surface area contributed by atoms with Crippen molar-refractivity contribution in [2.24, 2.45) is 7.05 Å². The van der Waals surface area contributed by atoms with Crippen molar-refractivity contribution in [3.63, 3.8) is 0 Å². The van der Waals surface area contributed by atoms with Gasteiger partial charge in [0.05, 0.1) is 10.9 Å². The van der Waals surface area contributed by atoms with E-state index in [1.54, 1.807) is 0 Å². The minimum absolute atomic E-state index is 0.967. The van der Waals surface area contributed by atoms with Gasteiger partial charge in [0.1, 0.15) is 11.2 Å². The second-order valence-electron chi connectivity index (χ2n) is 5.80. The fourth-order valence-electron chi connectivity index (χ4n) is 3.75. The fourth-order valence-corrected chi connectivity index (χ4v) is 3.75. The molecule has 0 N–H and O–H groups in total. The first-order valence-electron chi connectivity index (χ1n) is 7.42. The summed E-state index contributed by atoms with van der Waals surface area (Å²) in [6.45, 7) is 0. The van der Waals surface area contributed by atoms with Crippen LogP contribution in [0.25, 0.3) is 38.9 Å². The monoisotopic (exact) mass is 273 g/mol. The molecule has 5 rings (SSSR count). The highest BCUT2D eigenvalue weighted by atomic mass is 16.3. The molecule has 2 aromatic carbocycles. The third-order valence-corrected chi connectivity index (χ3v) is 4.68. The van der Waals surface area contributed by atoms with E-state index in [9.17, 15) is 0 Å². The molecule has 0 amide bonds. The van der Waals surface area contributed by atoms with Gasteiger partial charge in [0.2, 0.25) is 0 Å². The number of nitrogens with zero attached hydrogens (tertiary/aromatic N) is 1. The molecule has 0 saturated heterocycles. The van der Waals surface area contributed by atoms with Crippen molar-refractivity contribution in [2.45, 2.75) is 12.8 Å². The first-order valence-corrected chi connectivity index (χ1v) is 7.42. The van der Waals surface area contributed by atoms with E-state index < -0.39 is 0 Å².